The van der Waals surface area contributed by atoms with Crippen LogP contribution in [0.4, 0.5) is 11.4 Å². The second kappa shape index (κ2) is 6.16. The maximum atomic E-state index is 8.67. The van der Waals surface area contributed by atoms with Crippen LogP contribution >= 0.6 is 0 Å². The highest BCUT2D eigenvalue weighted by atomic mass is 15.6. The Morgan fingerprint density at radius 1 is 1.00 bits per heavy atom. The third kappa shape index (κ3) is 2.56. The van der Waals surface area contributed by atoms with Crippen molar-refractivity contribution in [3.63, 3.8) is 0 Å². The summed E-state index contributed by atoms with van der Waals surface area (Å²) in [6.45, 7) is 0.904. The molecule has 1 aliphatic heterocycles. The van der Waals surface area contributed by atoms with Crippen molar-refractivity contribution in [2.45, 2.75) is 12.8 Å². The molecule has 0 bridgehead atoms. The summed E-state index contributed by atoms with van der Waals surface area (Å²) in [5, 5.41) is 13.2. The van der Waals surface area contributed by atoms with Crippen LogP contribution in [0.3, 0.4) is 0 Å². The van der Waals surface area contributed by atoms with Gasteiger partial charge in [-0.3, -0.25) is 15.8 Å². The Balaban J connectivity index is 1.45. The van der Waals surface area contributed by atoms with E-state index in [-0.39, 0.29) is 0 Å². The predicted molar refractivity (Wildman–Crippen MR) is 114 cm³/mol. The molecule has 4 nitrogen and oxygen atoms in total. The molecule has 0 fully saturated rings. The summed E-state index contributed by atoms with van der Waals surface area (Å²) in [6.07, 6.45) is 6.51. The van der Waals surface area contributed by atoms with Crippen LogP contribution in [0.1, 0.15) is 23.1 Å². The van der Waals surface area contributed by atoms with Gasteiger partial charge in [-0.25, -0.2) is 0 Å². The molecule has 0 spiro atoms. The van der Waals surface area contributed by atoms with Crippen molar-refractivity contribution in [2.24, 2.45) is 0 Å². The molecule has 0 aromatic heterocycles. The molecule has 0 unspecified atom stereocenters. The molecule has 1 aliphatic carbocycles. The van der Waals surface area contributed by atoms with Gasteiger partial charge in [0.05, 0.1) is 11.4 Å². The second-order valence-corrected chi connectivity index (χ2v) is 7.18. The number of hydrazine groups is 1. The van der Waals surface area contributed by atoms with E-state index in [1.165, 1.54) is 33.2 Å². The summed E-state index contributed by atoms with van der Waals surface area (Å²) in [6, 6.07) is 19.1. The van der Waals surface area contributed by atoms with Gasteiger partial charge in [0.2, 0.25) is 5.96 Å². The van der Waals surface area contributed by atoms with Crippen LogP contribution in [0.15, 0.2) is 54.6 Å². The number of fused-ring (bicyclic) bond motifs is 1. The van der Waals surface area contributed by atoms with E-state index in [0.29, 0.717) is 5.96 Å². The Hall–Kier alpha value is -3.27. The van der Waals surface area contributed by atoms with E-state index in [1.54, 1.807) is 0 Å². The molecule has 27 heavy (non-hydrogen) atoms. The number of aryl methyl sites for hydroxylation is 1. The number of nitrogens with zero attached hydrogens (tertiary/aromatic N) is 2. The van der Waals surface area contributed by atoms with Crippen molar-refractivity contribution in [3.05, 3.63) is 71.3 Å². The summed E-state index contributed by atoms with van der Waals surface area (Å²) >= 11 is 0. The molecular formula is C23H22N4. The third-order valence-electron chi connectivity index (χ3n) is 5.57. The van der Waals surface area contributed by atoms with E-state index < -0.39 is 0 Å². The molecular weight excluding hydrogens is 332 g/mol. The Labute approximate surface area is 159 Å². The maximum Gasteiger partial charge on any atom is 0.214 e. The van der Waals surface area contributed by atoms with Crippen LogP contribution in [-0.4, -0.2) is 19.6 Å². The normalized spacial score (nSPS) is 14.3. The number of anilines is 2. The molecule has 0 atom stereocenters. The fourth-order valence-corrected chi connectivity index (χ4v) is 4.17. The highest BCUT2D eigenvalue weighted by Crippen LogP contribution is 2.36. The largest absolute Gasteiger partial charge is 0.314 e. The minimum absolute atomic E-state index is 0.373. The van der Waals surface area contributed by atoms with E-state index in [1.807, 2.05) is 11.9 Å². The Morgan fingerprint density at radius 3 is 2.70 bits per heavy atom. The molecule has 2 aliphatic rings. The van der Waals surface area contributed by atoms with Gasteiger partial charge >= 0.3 is 0 Å². The number of rotatable bonds is 2. The van der Waals surface area contributed by atoms with Gasteiger partial charge in [0.1, 0.15) is 0 Å². The molecule has 0 radical (unpaired) electrons. The van der Waals surface area contributed by atoms with Gasteiger partial charge in [0.15, 0.2) is 0 Å². The van der Waals surface area contributed by atoms with Crippen LogP contribution < -0.4 is 15.3 Å². The van der Waals surface area contributed by atoms with Gasteiger partial charge in [-0.05, 0) is 47.1 Å². The number of guanidine groups is 1. The Bertz CT molecular complexity index is 1070. The van der Waals surface area contributed by atoms with Gasteiger partial charge in [0.25, 0.3) is 0 Å². The summed E-state index contributed by atoms with van der Waals surface area (Å²) in [4.78, 5) is 1.93. The van der Waals surface area contributed by atoms with Crippen molar-refractivity contribution < 1.29 is 0 Å². The highest BCUT2D eigenvalue weighted by molar-refractivity contribution is 6.12. The maximum absolute atomic E-state index is 8.67. The lowest BCUT2D eigenvalue weighted by Crippen LogP contribution is -2.50. The Morgan fingerprint density at radius 2 is 1.81 bits per heavy atom. The standard InChI is InChI=1S/C23H22N4/c1-26(21-14-13-18-12-11-17-7-4-9-19(21)22(17)18)23(24)25-27-15-5-8-16-6-2-3-10-20(16)27/h2-4,6-7,9-14H,5,8,15H2,1H3,(H2,24,25). The zero-order valence-corrected chi connectivity index (χ0v) is 15.4. The fourth-order valence-electron chi connectivity index (χ4n) is 4.17. The molecule has 3 aromatic rings. The van der Waals surface area contributed by atoms with Crippen LogP contribution in [0, 0.1) is 5.41 Å². The second-order valence-electron chi connectivity index (χ2n) is 7.18. The lowest BCUT2D eigenvalue weighted by molar-refractivity contribution is 0.664. The quantitative estimate of drug-likeness (QED) is 0.407. The summed E-state index contributed by atoms with van der Waals surface area (Å²) < 4.78 is 0. The first-order chi connectivity index (χ1) is 13.2. The minimum atomic E-state index is 0.373. The number of para-hydroxylation sites is 1. The van der Waals surface area contributed by atoms with Gasteiger partial charge in [0, 0.05) is 19.0 Å². The summed E-state index contributed by atoms with van der Waals surface area (Å²) in [5.74, 6) is 0.373. The van der Waals surface area contributed by atoms with Crippen molar-refractivity contribution in [3.8, 4) is 0 Å². The fraction of sp³-hybridized carbons (Fsp3) is 0.174. The minimum Gasteiger partial charge on any atom is -0.314 e. The van der Waals surface area contributed by atoms with Crippen LogP contribution in [-0.2, 0) is 6.42 Å². The third-order valence-corrected chi connectivity index (χ3v) is 5.57. The van der Waals surface area contributed by atoms with E-state index in [2.05, 4.69) is 77.2 Å². The molecule has 134 valence electrons. The van der Waals surface area contributed by atoms with E-state index in [9.17, 15) is 0 Å². The average Bonchev–Trinajstić information content (AvgIpc) is 3.13. The average molecular weight is 354 g/mol. The van der Waals surface area contributed by atoms with E-state index >= 15 is 0 Å². The molecule has 0 saturated heterocycles. The highest BCUT2D eigenvalue weighted by Gasteiger charge is 2.20. The van der Waals surface area contributed by atoms with Gasteiger partial charge in [-0.15, -0.1) is 0 Å². The lowest BCUT2D eigenvalue weighted by atomic mass is 10.0. The van der Waals surface area contributed by atoms with Crippen LogP contribution in [0.5, 0.6) is 0 Å². The lowest BCUT2D eigenvalue weighted by Gasteiger charge is -2.34. The zero-order valence-electron chi connectivity index (χ0n) is 15.4. The van der Waals surface area contributed by atoms with Crippen molar-refractivity contribution >= 4 is 40.3 Å². The monoisotopic (exact) mass is 354 g/mol. The topological polar surface area (TPSA) is 42.4 Å². The molecule has 2 N–H and O–H groups in total. The van der Waals surface area contributed by atoms with Crippen LogP contribution in [0.2, 0.25) is 0 Å². The number of benzene rings is 3. The smallest absolute Gasteiger partial charge is 0.214 e. The molecule has 4 heteroatoms. The van der Waals surface area contributed by atoms with Gasteiger partial charge < -0.3 is 4.90 Å². The molecule has 1 heterocycles. The summed E-state index contributed by atoms with van der Waals surface area (Å²) in [5.41, 5.74) is 9.37. The SMILES string of the molecule is CN(C(=N)NN1CCCc2ccccc21)c1ccc2c3c(cccc13)C=C2. The molecule has 5 rings (SSSR count). The van der Waals surface area contributed by atoms with Crippen molar-refractivity contribution in [2.75, 3.05) is 23.5 Å². The predicted octanol–water partition coefficient (Wildman–Crippen LogP) is 4.65. The first-order valence-electron chi connectivity index (χ1n) is 9.40. The van der Waals surface area contributed by atoms with Crippen molar-refractivity contribution in [1.29, 1.82) is 5.41 Å². The number of hydrogen-bond acceptors (Lipinski definition) is 2. The number of hydrogen-bond donors (Lipinski definition) is 2. The van der Waals surface area contributed by atoms with E-state index in [4.69, 9.17) is 5.41 Å². The van der Waals surface area contributed by atoms with E-state index in [0.717, 1.165) is 25.1 Å². The van der Waals surface area contributed by atoms with Gasteiger partial charge in [-0.1, -0.05) is 54.6 Å². The zero-order chi connectivity index (χ0) is 18.4. The van der Waals surface area contributed by atoms with Gasteiger partial charge in [-0.2, -0.15) is 0 Å². The first kappa shape index (κ1) is 15.9. The Kier molecular flexibility index (Phi) is 3.64. The molecule has 0 amide bonds. The number of nitrogens with one attached hydrogen (secondary N) is 2. The van der Waals surface area contributed by atoms with Crippen molar-refractivity contribution in [1.82, 2.24) is 5.43 Å². The molecule has 0 saturated carbocycles. The first-order valence-corrected chi connectivity index (χ1v) is 9.40. The molecule has 3 aromatic carbocycles. The van der Waals surface area contributed by atoms with Crippen LogP contribution in [0.25, 0.3) is 22.9 Å². The summed E-state index contributed by atoms with van der Waals surface area (Å²) in [7, 11) is 1.96.